The third kappa shape index (κ3) is 2.14. The molecular formula is C16H16O5. The Kier molecular flexibility index (Phi) is 2.93. The van der Waals surface area contributed by atoms with Gasteiger partial charge >= 0.3 is 5.63 Å². The molecule has 1 aliphatic rings. The van der Waals surface area contributed by atoms with E-state index in [9.17, 15) is 4.79 Å². The van der Waals surface area contributed by atoms with Crippen molar-refractivity contribution in [3.05, 3.63) is 34.2 Å². The lowest BCUT2D eigenvalue weighted by atomic mass is 10.0. The number of benzene rings is 1. The molecule has 5 heteroatoms. The summed E-state index contributed by atoms with van der Waals surface area (Å²) in [5, 5.41) is 0.667. The van der Waals surface area contributed by atoms with E-state index in [0.717, 1.165) is 5.56 Å². The second-order valence-corrected chi connectivity index (χ2v) is 5.38. The molecular weight excluding hydrogens is 272 g/mol. The summed E-state index contributed by atoms with van der Waals surface area (Å²) in [5.41, 5.74) is 0.336. The highest BCUT2D eigenvalue weighted by molar-refractivity contribution is 5.90. The second-order valence-electron chi connectivity index (χ2n) is 5.38. The maximum Gasteiger partial charge on any atom is 0.383 e. The lowest BCUT2D eigenvalue weighted by molar-refractivity contribution is 0.159. The molecule has 0 saturated heterocycles. The van der Waals surface area contributed by atoms with Gasteiger partial charge in [-0.1, -0.05) is 6.08 Å². The molecule has 0 radical (unpaired) electrons. The largest absolute Gasteiger partial charge is 0.492 e. The fourth-order valence-electron chi connectivity index (χ4n) is 2.41. The molecule has 5 nitrogen and oxygen atoms in total. The van der Waals surface area contributed by atoms with E-state index in [0.29, 0.717) is 22.5 Å². The van der Waals surface area contributed by atoms with Crippen LogP contribution in [-0.4, -0.2) is 19.8 Å². The maximum atomic E-state index is 11.9. The molecule has 21 heavy (non-hydrogen) atoms. The van der Waals surface area contributed by atoms with Gasteiger partial charge in [-0.2, -0.15) is 0 Å². The van der Waals surface area contributed by atoms with Crippen molar-refractivity contribution in [3.63, 3.8) is 0 Å². The van der Waals surface area contributed by atoms with Gasteiger partial charge in [-0.15, -0.1) is 0 Å². The molecule has 3 rings (SSSR count). The highest BCUT2D eigenvalue weighted by Gasteiger charge is 2.24. The van der Waals surface area contributed by atoms with E-state index in [-0.39, 0.29) is 5.75 Å². The first-order valence-corrected chi connectivity index (χ1v) is 6.56. The van der Waals surface area contributed by atoms with Gasteiger partial charge in [-0.05, 0) is 26.0 Å². The highest BCUT2D eigenvalue weighted by Crippen LogP contribution is 2.39. The SMILES string of the molecule is COc1c(OC)c2cc3c(cc2oc1=O)OC(C)(C)C=C3. The van der Waals surface area contributed by atoms with Gasteiger partial charge in [0.2, 0.25) is 5.75 Å². The molecule has 0 N–H and O–H groups in total. The van der Waals surface area contributed by atoms with E-state index in [1.165, 1.54) is 14.2 Å². The lowest BCUT2D eigenvalue weighted by Gasteiger charge is -2.28. The third-order valence-corrected chi connectivity index (χ3v) is 3.40. The summed E-state index contributed by atoms with van der Waals surface area (Å²) in [7, 11) is 2.90. The van der Waals surface area contributed by atoms with Crippen LogP contribution in [0.2, 0.25) is 0 Å². The van der Waals surface area contributed by atoms with Gasteiger partial charge in [-0.25, -0.2) is 4.79 Å². The molecule has 1 aromatic carbocycles. The van der Waals surface area contributed by atoms with Crippen molar-refractivity contribution in [2.45, 2.75) is 19.4 Å². The summed E-state index contributed by atoms with van der Waals surface area (Å²) in [5.74, 6) is 1.10. The average molecular weight is 288 g/mol. The second kappa shape index (κ2) is 4.55. The van der Waals surface area contributed by atoms with E-state index >= 15 is 0 Å². The molecule has 0 bridgehead atoms. The van der Waals surface area contributed by atoms with Crippen LogP contribution in [0.3, 0.4) is 0 Å². The summed E-state index contributed by atoms with van der Waals surface area (Å²) in [4.78, 5) is 11.9. The number of ether oxygens (including phenoxy) is 3. The Morgan fingerprint density at radius 3 is 2.48 bits per heavy atom. The Labute approximate surface area is 121 Å². The summed E-state index contributed by atoms with van der Waals surface area (Å²) in [6.45, 7) is 3.92. The zero-order valence-corrected chi connectivity index (χ0v) is 12.4. The third-order valence-electron chi connectivity index (χ3n) is 3.40. The van der Waals surface area contributed by atoms with E-state index in [1.807, 2.05) is 32.1 Å². The molecule has 110 valence electrons. The van der Waals surface area contributed by atoms with Crippen molar-refractivity contribution < 1.29 is 18.6 Å². The normalized spacial score (nSPS) is 15.4. The summed E-state index contributed by atoms with van der Waals surface area (Å²) < 4.78 is 21.6. The first-order chi connectivity index (χ1) is 9.95. The predicted octanol–water partition coefficient (Wildman–Crippen LogP) is 2.99. The predicted molar refractivity (Wildman–Crippen MR) is 79.3 cm³/mol. The monoisotopic (exact) mass is 288 g/mol. The van der Waals surface area contributed by atoms with Gasteiger partial charge in [0, 0.05) is 11.6 Å². The van der Waals surface area contributed by atoms with Crippen LogP contribution in [0.5, 0.6) is 17.2 Å². The van der Waals surface area contributed by atoms with Crippen LogP contribution in [0.4, 0.5) is 0 Å². The molecule has 0 atom stereocenters. The number of hydrogen-bond donors (Lipinski definition) is 0. The van der Waals surface area contributed by atoms with Crippen LogP contribution in [0.1, 0.15) is 19.4 Å². The lowest BCUT2D eigenvalue weighted by Crippen LogP contribution is -2.27. The Morgan fingerprint density at radius 2 is 1.81 bits per heavy atom. The fraction of sp³-hybridized carbons (Fsp3) is 0.312. The molecule has 0 saturated carbocycles. The van der Waals surface area contributed by atoms with Crippen LogP contribution in [0.15, 0.2) is 27.4 Å². The van der Waals surface area contributed by atoms with Crippen LogP contribution in [0.25, 0.3) is 17.0 Å². The topological polar surface area (TPSA) is 57.9 Å². The summed E-state index contributed by atoms with van der Waals surface area (Å²) >= 11 is 0. The van der Waals surface area contributed by atoms with E-state index in [1.54, 1.807) is 6.07 Å². The van der Waals surface area contributed by atoms with Crippen molar-refractivity contribution in [1.29, 1.82) is 0 Å². The van der Waals surface area contributed by atoms with E-state index < -0.39 is 11.2 Å². The number of hydrogen-bond acceptors (Lipinski definition) is 5. The fourth-order valence-corrected chi connectivity index (χ4v) is 2.41. The van der Waals surface area contributed by atoms with Crippen molar-refractivity contribution in [1.82, 2.24) is 0 Å². The van der Waals surface area contributed by atoms with Crippen molar-refractivity contribution in [3.8, 4) is 17.2 Å². The zero-order valence-electron chi connectivity index (χ0n) is 12.4. The first-order valence-electron chi connectivity index (χ1n) is 6.56. The Hall–Kier alpha value is -2.43. The first kappa shape index (κ1) is 13.5. The minimum Gasteiger partial charge on any atom is -0.492 e. The molecule has 1 aromatic heterocycles. The van der Waals surface area contributed by atoms with Crippen LogP contribution in [-0.2, 0) is 0 Å². The van der Waals surface area contributed by atoms with Gasteiger partial charge in [0.15, 0.2) is 5.75 Å². The maximum absolute atomic E-state index is 11.9. The molecule has 0 fully saturated rings. The van der Waals surface area contributed by atoms with E-state index in [2.05, 4.69) is 0 Å². The summed E-state index contributed by atoms with van der Waals surface area (Å²) in [6, 6.07) is 3.57. The highest BCUT2D eigenvalue weighted by atomic mass is 16.5. The smallest absolute Gasteiger partial charge is 0.383 e. The molecule has 2 aromatic rings. The number of fused-ring (bicyclic) bond motifs is 2. The van der Waals surface area contributed by atoms with Crippen LogP contribution < -0.4 is 19.8 Å². The van der Waals surface area contributed by atoms with Gasteiger partial charge in [-0.3, -0.25) is 0 Å². The minimum absolute atomic E-state index is 0.0611. The van der Waals surface area contributed by atoms with Crippen molar-refractivity contribution >= 4 is 17.0 Å². The Bertz CT molecular complexity index is 798. The molecule has 2 heterocycles. The van der Waals surface area contributed by atoms with Crippen LogP contribution >= 0.6 is 0 Å². The standard InChI is InChI=1S/C16H16O5/c1-16(2)6-5-9-7-10-12(8-11(9)21-16)20-15(17)14(19-4)13(10)18-3/h5-8H,1-4H3. The molecule has 0 spiro atoms. The van der Waals surface area contributed by atoms with Crippen molar-refractivity contribution in [2.24, 2.45) is 0 Å². The van der Waals surface area contributed by atoms with Gasteiger partial charge in [0.1, 0.15) is 16.9 Å². The quantitative estimate of drug-likeness (QED) is 0.795. The summed E-state index contributed by atoms with van der Waals surface area (Å²) in [6.07, 6.45) is 3.96. The Balaban J connectivity index is 2.32. The number of rotatable bonds is 2. The van der Waals surface area contributed by atoms with Crippen molar-refractivity contribution in [2.75, 3.05) is 14.2 Å². The molecule has 1 aliphatic heterocycles. The number of methoxy groups -OCH3 is 2. The zero-order chi connectivity index (χ0) is 15.2. The average Bonchev–Trinajstić information content (AvgIpc) is 2.43. The van der Waals surface area contributed by atoms with Gasteiger partial charge in [0.05, 0.1) is 19.6 Å². The molecule has 0 unspecified atom stereocenters. The Morgan fingerprint density at radius 1 is 1.10 bits per heavy atom. The van der Waals surface area contributed by atoms with E-state index in [4.69, 9.17) is 18.6 Å². The minimum atomic E-state index is -0.576. The molecule has 0 amide bonds. The van der Waals surface area contributed by atoms with Gasteiger partial charge < -0.3 is 18.6 Å². The van der Waals surface area contributed by atoms with Gasteiger partial charge in [0.25, 0.3) is 0 Å². The van der Waals surface area contributed by atoms with Crippen LogP contribution in [0, 0.1) is 0 Å². The molecule has 0 aliphatic carbocycles.